The van der Waals surface area contributed by atoms with E-state index in [2.05, 4.69) is 83.3 Å². The number of thiophene rings is 1. The van der Waals surface area contributed by atoms with Crippen molar-refractivity contribution in [3.63, 3.8) is 0 Å². The minimum Gasteiger partial charge on any atom is -0.357 e. The molecular formula is C21H29IN6S. The van der Waals surface area contributed by atoms with Crippen LogP contribution in [0.15, 0.2) is 59.4 Å². The minimum absolute atomic E-state index is 0. The van der Waals surface area contributed by atoms with Crippen LogP contribution in [0, 0.1) is 0 Å². The van der Waals surface area contributed by atoms with Gasteiger partial charge in [0.2, 0.25) is 0 Å². The Kier molecular flexibility index (Phi) is 9.09. The van der Waals surface area contributed by atoms with Crippen LogP contribution in [0.1, 0.15) is 36.8 Å². The second-order valence-corrected chi connectivity index (χ2v) is 8.27. The lowest BCUT2D eigenvalue weighted by atomic mass is 9.91. The first-order valence-electron chi connectivity index (χ1n) is 9.53. The summed E-state index contributed by atoms with van der Waals surface area (Å²) in [5.74, 6) is 0.841. The second kappa shape index (κ2) is 11.3. The molecule has 3 aromatic rings. The molecule has 0 bridgehead atoms. The number of aliphatic imine (C=N–C) groups is 1. The third-order valence-electron chi connectivity index (χ3n) is 4.45. The molecule has 0 radical (unpaired) electrons. The van der Waals surface area contributed by atoms with Crippen molar-refractivity contribution in [1.82, 2.24) is 25.4 Å². The van der Waals surface area contributed by atoms with Gasteiger partial charge in [-0.25, -0.2) is 14.7 Å². The molecule has 2 heterocycles. The molecule has 8 heteroatoms. The lowest BCUT2D eigenvalue weighted by Crippen LogP contribution is -2.43. The maximum absolute atomic E-state index is 4.77. The number of hydrogen-bond acceptors (Lipinski definition) is 4. The topological polar surface area (TPSA) is 67.1 Å². The molecule has 0 saturated carbocycles. The number of guanidine groups is 1. The maximum atomic E-state index is 4.77. The van der Waals surface area contributed by atoms with Gasteiger partial charge in [0.25, 0.3) is 0 Å². The molecule has 0 amide bonds. The van der Waals surface area contributed by atoms with E-state index in [0.717, 1.165) is 19.0 Å². The monoisotopic (exact) mass is 524 g/mol. The summed E-state index contributed by atoms with van der Waals surface area (Å²) in [5, 5.41) is 13.1. The number of hydrogen-bond donors (Lipinski definition) is 2. The van der Waals surface area contributed by atoms with Crippen molar-refractivity contribution < 1.29 is 0 Å². The van der Waals surface area contributed by atoms with Crippen LogP contribution in [0.3, 0.4) is 0 Å². The van der Waals surface area contributed by atoms with E-state index in [1.165, 1.54) is 16.0 Å². The Bertz CT molecular complexity index is 874. The molecule has 0 aliphatic heterocycles. The molecule has 3 rings (SSSR count). The summed E-state index contributed by atoms with van der Waals surface area (Å²) in [6.07, 6.45) is 3.29. The molecule has 0 spiro atoms. The van der Waals surface area contributed by atoms with Crippen LogP contribution in [0.25, 0.3) is 0 Å². The van der Waals surface area contributed by atoms with Gasteiger partial charge in [-0.15, -0.1) is 35.3 Å². The maximum Gasteiger partial charge on any atom is 0.191 e. The van der Waals surface area contributed by atoms with Crippen LogP contribution in [0.2, 0.25) is 0 Å². The van der Waals surface area contributed by atoms with Gasteiger partial charge in [0.1, 0.15) is 12.7 Å². The fourth-order valence-electron chi connectivity index (χ4n) is 2.90. The van der Waals surface area contributed by atoms with Crippen LogP contribution in [-0.4, -0.2) is 33.8 Å². The molecule has 0 saturated heterocycles. The highest BCUT2D eigenvalue weighted by molar-refractivity contribution is 14.0. The standard InChI is InChI=1S/C21H28N6S.HI/c1-4-23-20(25-14-21(2,3)19-9-6-10-28-19)24-12-17-7-5-8-18(11-17)13-27-16-22-15-26-27;/h5-11,15-16H,4,12-14H2,1-3H3,(H2,23,24,25);1H. The van der Waals surface area contributed by atoms with Gasteiger partial charge in [0, 0.05) is 23.4 Å². The van der Waals surface area contributed by atoms with Crippen LogP contribution in [0.5, 0.6) is 0 Å². The molecule has 0 aliphatic rings. The van der Waals surface area contributed by atoms with Gasteiger partial charge >= 0.3 is 0 Å². The highest BCUT2D eigenvalue weighted by Crippen LogP contribution is 2.26. The Morgan fingerprint density at radius 1 is 1.17 bits per heavy atom. The van der Waals surface area contributed by atoms with E-state index in [1.54, 1.807) is 24.0 Å². The number of halogens is 1. The lowest BCUT2D eigenvalue weighted by molar-refractivity contribution is 0.518. The van der Waals surface area contributed by atoms with E-state index in [1.807, 2.05) is 4.68 Å². The summed E-state index contributed by atoms with van der Waals surface area (Å²) >= 11 is 1.80. The summed E-state index contributed by atoms with van der Waals surface area (Å²) < 4.78 is 1.82. The second-order valence-electron chi connectivity index (χ2n) is 7.32. The molecule has 1 aromatic carbocycles. The van der Waals surface area contributed by atoms with Gasteiger partial charge in [0.05, 0.1) is 13.1 Å². The van der Waals surface area contributed by atoms with Crippen molar-refractivity contribution in [3.8, 4) is 0 Å². The molecule has 0 unspecified atom stereocenters. The Balaban J connectivity index is 0.00000300. The zero-order valence-electron chi connectivity index (χ0n) is 17.1. The lowest BCUT2D eigenvalue weighted by Gasteiger charge is -2.25. The van der Waals surface area contributed by atoms with Crippen LogP contribution < -0.4 is 10.6 Å². The van der Waals surface area contributed by atoms with E-state index < -0.39 is 0 Å². The molecule has 2 N–H and O–H groups in total. The van der Waals surface area contributed by atoms with E-state index in [0.29, 0.717) is 13.1 Å². The van der Waals surface area contributed by atoms with Gasteiger partial charge in [-0.2, -0.15) is 5.10 Å². The largest absolute Gasteiger partial charge is 0.357 e. The Morgan fingerprint density at radius 2 is 2.00 bits per heavy atom. The Labute approximate surface area is 193 Å². The number of nitrogens with zero attached hydrogens (tertiary/aromatic N) is 4. The van der Waals surface area contributed by atoms with Crippen molar-refractivity contribution in [2.45, 2.75) is 39.3 Å². The number of aromatic nitrogens is 3. The molecular weight excluding hydrogens is 495 g/mol. The number of rotatable bonds is 8. The quantitative estimate of drug-likeness (QED) is 0.265. The van der Waals surface area contributed by atoms with Crippen molar-refractivity contribution in [3.05, 3.63) is 70.4 Å². The average molecular weight is 524 g/mol. The summed E-state index contributed by atoms with van der Waals surface area (Å²) in [4.78, 5) is 10.1. The smallest absolute Gasteiger partial charge is 0.191 e. The predicted octanol–water partition coefficient (Wildman–Crippen LogP) is 4.04. The zero-order chi connectivity index (χ0) is 19.8. The van der Waals surface area contributed by atoms with Gasteiger partial charge < -0.3 is 10.6 Å². The molecule has 156 valence electrons. The van der Waals surface area contributed by atoms with Crippen molar-refractivity contribution in [2.75, 3.05) is 13.1 Å². The minimum atomic E-state index is 0. The highest BCUT2D eigenvalue weighted by Gasteiger charge is 2.21. The van der Waals surface area contributed by atoms with Crippen LogP contribution in [0.4, 0.5) is 0 Å². The zero-order valence-corrected chi connectivity index (χ0v) is 20.3. The van der Waals surface area contributed by atoms with E-state index in [9.17, 15) is 0 Å². The SMILES string of the molecule is CCNC(=NCc1cccc(Cn2cncn2)c1)NCC(C)(C)c1cccs1.I. The van der Waals surface area contributed by atoms with E-state index in [4.69, 9.17) is 4.99 Å². The molecule has 0 aliphatic carbocycles. The Morgan fingerprint density at radius 3 is 2.69 bits per heavy atom. The third-order valence-corrected chi connectivity index (χ3v) is 5.69. The number of nitrogens with one attached hydrogen (secondary N) is 2. The summed E-state index contributed by atoms with van der Waals surface area (Å²) in [5.41, 5.74) is 2.42. The van der Waals surface area contributed by atoms with Gasteiger partial charge in [0.15, 0.2) is 5.96 Å². The molecule has 0 atom stereocenters. The molecule has 0 fully saturated rings. The summed E-state index contributed by atoms with van der Waals surface area (Å²) in [6.45, 7) is 9.58. The van der Waals surface area contributed by atoms with Crippen LogP contribution in [-0.2, 0) is 18.5 Å². The fraction of sp³-hybridized carbons (Fsp3) is 0.381. The van der Waals surface area contributed by atoms with Crippen LogP contribution >= 0.6 is 35.3 Å². The highest BCUT2D eigenvalue weighted by atomic mass is 127. The first kappa shape index (κ1) is 23.3. The van der Waals surface area contributed by atoms with Gasteiger partial charge in [-0.05, 0) is 29.5 Å². The van der Waals surface area contributed by atoms with Crippen molar-refractivity contribution in [2.24, 2.45) is 4.99 Å². The van der Waals surface area contributed by atoms with Crippen molar-refractivity contribution in [1.29, 1.82) is 0 Å². The molecule has 6 nitrogen and oxygen atoms in total. The normalized spacial score (nSPS) is 11.8. The van der Waals surface area contributed by atoms with Crippen molar-refractivity contribution >= 4 is 41.3 Å². The molecule has 29 heavy (non-hydrogen) atoms. The number of benzene rings is 1. The van der Waals surface area contributed by atoms with E-state index >= 15 is 0 Å². The fourth-order valence-corrected chi connectivity index (χ4v) is 3.75. The Hall–Kier alpha value is -1.94. The van der Waals surface area contributed by atoms with E-state index in [-0.39, 0.29) is 29.4 Å². The average Bonchev–Trinajstić information content (AvgIpc) is 3.39. The van der Waals surface area contributed by atoms with Gasteiger partial charge in [-0.1, -0.05) is 44.2 Å². The predicted molar refractivity (Wildman–Crippen MR) is 131 cm³/mol. The summed E-state index contributed by atoms with van der Waals surface area (Å²) in [7, 11) is 0. The van der Waals surface area contributed by atoms with Gasteiger partial charge in [-0.3, -0.25) is 0 Å². The summed E-state index contributed by atoms with van der Waals surface area (Å²) in [6, 6.07) is 12.7. The molecule has 2 aromatic heterocycles. The third kappa shape index (κ3) is 7.11. The first-order valence-corrected chi connectivity index (χ1v) is 10.4. The first-order chi connectivity index (χ1) is 13.6.